The fourth-order valence-corrected chi connectivity index (χ4v) is 3.97. The highest BCUT2D eigenvalue weighted by molar-refractivity contribution is 5.51. The number of aromatic nitrogens is 3. The van der Waals surface area contributed by atoms with Gasteiger partial charge in [0.05, 0.1) is 11.6 Å². The van der Waals surface area contributed by atoms with Crippen molar-refractivity contribution in [2.45, 2.75) is 37.3 Å². The summed E-state index contributed by atoms with van der Waals surface area (Å²) in [5.41, 5.74) is -3.75. The van der Waals surface area contributed by atoms with Crippen LogP contribution >= 0.6 is 0 Å². The Morgan fingerprint density at radius 3 is 2.26 bits per heavy atom. The summed E-state index contributed by atoms with van der Waals surface area (Å²) >= 11 is 0. The highest BCUT2D eigenvalue weighted by Crippen LogP contribution is 2.34. The van der Waals surface area contributed by atoms with Crippen molar-refractivity contribution in [3.63, 3.8) is 0 Å². The van der Waals surface area contributed by atoms with Gasteiger partial charge >= 0.3 is 12.4 Å². The molecule has 3 aromatic rings. The van der Waals surface area contributed by atoms with Gasteiger partial charge in [-0.15, -0.1) is 0 Å². The Bertz CT molecular complexity index is 1170. The molecule has 1 aliphatic heterocycles. The van der Waals surface area contributed by atoms with Crippen molar-refractivity contribution in [1.82, 2.24) is 19.5 Å². The molecule has 4 rings (SSSR count). The number of nitrogens with zero attached hydrogens (tertiary/aromatic N) is 4. The smallest absolute Gasteiger partial charge is 0.389 e. The third-order valence-electron chi connectivity index (χ3n) is 5.66. The number of likely N-dealkylation sites (tertiary alicyclic amines) is 1. The number of halogens is 7. The molecule has 1 fully saturated rings. The second-order valence-corrected chi connectivity index (χ2v) is 8.49. The lowest BCUT2D eigenvalue weighted by atomic mass is 10.0. The Morgan fingerprint density at radius 1 is 1.06 bits per heavy atom. The molecule has 2 aromatic heterocycles. The van der Waals surface area contributed by atoms with Crippen LogP contribution in [0.4, 0.5) is 36.6 Å². The second-order valence-electron chi connectivity index (χ2n) is 8.49. The van der Waals surface area contributed by atoms with E-state index in [1.165, 1.54) is 24.3 Å². The Hall–Kier alpha value is -2.93. The first kappa shape index (κ1) is 24.2. The first-order valence-electron chi connectivity index (χ1n) is 10.2. The van der Waals surface area contributed by atoms with Crippen molar-refractivity contribution in [3.05, 3.63) is 59.2 Å². The van der Waals surface area contributed by atoms with E-state index in [1.54, 1.807) is 6.92 Å². The number of β-amino-alcohol motifs (C(OH)–C–C–N with tert-alkyl or cyclic N) is 1. The van der Waals surface area contributed by atoms with E-state index in [0.29, 0.717) is 35.2 Å². The molecular weight excluding hydrogens is 471 g/mol. The van der Waals surface area contributed by atoms with Crippen LogP contribution in [0, 0.1) is 5.82 Å². The maximum atomic E-state index is 13.4. The van der Waals surface area contributed by atoms with Crippen molar-refractivity contribution in [1.29, 1.82) is 0 Å². The number of fused-ring (bicyclic) bond motifs is 1. The van der Waals surface area contributed by atoms with Gasteiger partial charge in [-0.3, -0.25) is 4.90 Å². The van der Waals surface area contributed by atoms with E-state index in [4.69, 9.17) is 0 Å². The zero-order chi connectivity index (χ0) is 24.9. The summed E-state index contributed by atoms with van der Waals surface area (Å²) in [4.78, 5) is 5.15. The fourth-order valence-electron chi connectivity index (χ4n) is 3.97. The Morgan fingerprint density at radius 2 is 1.71 bits per heavy atom. The summed E-state index contributed by atoms with van der Waals surface area (Å²) in [5, 5.41) is 16.5. The average molecular weight is 491 g/mol. The molecule has 0 radical (unpaired) electrons. The molecule has 0 spiro atoms. The fraction of sp³-hybridized carbons (Fsp3) is 0.429. The summed E-state index contributed by atoms with van der Waals surface area (Å²) in [6.45, 7) is 2.29. The van der Waals surface area contributed by atoms with Gasteiger partial charge in [0.25, 0.3) is 0 Å². The molecule has 1 aromatic carbocycles. The maximum Gasteiger partial charge on any atom is 0.435 e. The minimum atomic E-state index is -4.90. The van der Waals surface area contributed by atoms with Crippen LogP contribution in [0.15, 0.2) is 36.4 Å². The Kier molecular flexibility index (Phi) is 5.96. The summed E-state index contributed by atoms with van der Waals surface area (Å²) < 4.78 is 93.6. The van der Waals surface area contributed by atoms with E-state index < -0.39 is 46.8 Å². The lowest BCUT2D eigenvalue weighted by molar-refractivity contribution is -0.142. The Labute approximate surface area is 189 Å². The molecule has 34 heavy (non-hydrogen) atoms. The van der Waals surface area contributed by atoms with Gasteiger partial charge in [-0.05, 0) is 31.0 Å². The molecule has 1 saturated heterocycles. The van der Waals surface area contributed by atoms with Gasteiger partial charge in [0.15, 0.2) is 17.0 Å². The molecule has 1 unspecified atom stereocenters. The van der Waals surface area contributed by atoms with Crippen LogP contribution in [0.2, 0.25) is 0 Å². The Balaban J connectivity index is 1.71. The van der Waals surface area contributed by atoms with Crippen LogP contribution in [0.3, 0.4) is 0 Å². The minimum absolute atomic E-state index is 0.0562. The third kappa shape index (κ3) is 5.09. The third-order valence-corrected chi connectivity index (χ3v) is 5.66. The monoisotopic (exact) mass is 491 g/mol. The van der Waals surface area contributed by atoms with E-state index in [-0.39, 0.29) is 18.9 Å². The minimum Gasteiger partial charge on any atom is -0.389 e. The van der Waals surface area contributed by atoms with Crippen LogP contribution in [0.5, 0.6) is 0 Å². The number of rotatable bonds is 5. The number of hydrogen-bond donors (Lipinski definition) is 2. The number of alkyl halides is 6. The SMILES string of the molecule is C[C@@]1(O)CCN(C(CNc2cc(C(F)(F)F)nc3cc(C(F)(F)F)nn23)c2ccc(F)cc2)C1. The van der Waals surface area contributed by atoms with Crippen LogP contribution in [0.1, 0.15) is 36.3 Å². The van der Waals surface area contributed by atoms with E-state index in [2.05, 4.69) is 15.4 Å². The maximum absolute atomic E-state index is 13.4. The summed E-state index contributed by atoms with van der Waals surface area (Å²) in [6.07, 6.45) is -9.33. The van der Waals surface area contributed by atoms with Gasteiger partial charge in [-0.2, -0.15) is 36.0 Å². The number of benzene rings is 1. The summed E-state index contributed by atoms with van der Waals surface area (Å²) in [6, 6.07) is 5.97. The molecule has 184 valence electrons. The van der Waals surface area contributed by atoms with Crippen LogP contribution in [-0.4, -0.2) is 49.8 Å². The van der Waals surface area contributed by atoms with Crippen molar-refractivity contribution >= 4 is 11.5 Å². The molecule has 0 saturated carbocycles. The molecule has 2 atom stereocenters. The molecule has 3 heterocycles. The zero-order valence-corrected chi connectivity index (χ0v) is 17.8. The van der Waals surface area contributed by atoms with E-state index in [1.807, 2.05) is 4.90 Å². The topological polar surface area (TPSA) is 65.7 Å². The van der Waals surface area contributed by atoms with Crippen LogP contribution in [0.25, 0.3) is 5.65 Å². The highest BCUT2D eigenvalue weighted by Gasteiger charge is 2.38. The van der Waals surface area contributed by atoms with E-state index in [0.717, 1.165) is 0 Å². The first-order chi connectivity index (χ1) is 15.7. The zero-order valence-electron chi connectivity index (χ0n) is 17.8. The van der Waals surface area contributed by atoms with Gasteiger partial charge in [-0.1, -0.05) is 12.1 Å². The van der Waals surface area contributed by atoms with Crippen LogP contribution in [-0.2, 0) is 12.4 Å². The van der Waals surface area contributed by atoms with Gasteiger partial charge in [-0.25, -0.2) is 9.37 Å². The van der Waals surface area contributed by atoms with Gasteiger partial charge in [0, 0.05) is 31.8 Å². The van der Waals surface area contributed by atoms with Crippen molar-refractivity contribution < 1.29 is 35.8 Å². The van der Waals surface area contributed by atoms with Crippen LogP contribution < -0.4 is 5.32 Å². The van der Waals surface area contributed by atoms with Crippen molar-refractivity contribution in [2.75, 3.05) is 25.0 Å². The molecule has 0 bridgehead atoms. The lowest BCUT2D eigenvalue weighted by Crippen LogP contribution is -2.35. The van der Waals surface area contributed by atoms with Crippen molar-refractivity contribution in [2.24, 2.45) is 0 Å². The molecule has 0 amide bonds. The summed E-state index contributed by atoms with van der Waals surface area (Å²) in [5.74, 6) is -0.823. The normalized spacial score (nSPS) is 20.7. The van der Waals surface area contributed by atoms with Gasteiger partial charge < -0.3 is 10.4 Å². The molecular formula is C21H20F7N5O. The van der Waals surface area contributed by atoms with Gasteiger partial charge in [0.2, 0.25) is 0 Å². The largest absolute Gasteiger partial charge is 0.435 e. The quantitative estimate of drug-likeness (QED) is 0.514. The molecule has 6 nitrogen and oxygen atoms in total. The predicted octanol–water partition coefficient (Wildman–Crippen LogP) is 4.52. The molecule has 13 heteroatoms. The standard InChI is InChI=1S/C21H20F7N5O/c1-19(34)6-7-32(11-19)14(12-2-4-13(22)5-3-12)10-29-17-8-15(20(23,24)25)30-18-9-16(21(26,27)28)31-33(17)18/h2-5,8-9,14,29,34H,6-7,10-11H2,1H3/t14?,19-/m1/s1. The molecule has 1 aliphatic rings. The first-order valence-corrected chi connectivity index (χ1v) is 10.2. The number of anilines is 1. The van der Waals surface area contributed by atoms with Crippen molar-refractivity contribution in [3.8, 4) is 0 Å². The average Bonchev–Trinajstić information content (AvgIpc) is 3.32. The lowest BCUT2D eigenvalue weighted by Gasteiger charge is -2.30. The predicted molar refractivity (Wildman–Crippen MR) is 107 cm³/mol. The second kappa shape index (κ2) is 8.38. The van der Waals surface area contributed by atoms with E-state index >= 15 is 0 Å². The number of aliphatic hydroxyl groups is 1. The molecule has 2 N–H and O–H groups in total. The number of hydrogen-bond acceptors (Lipinski definition) is 5. The highest BCUT2D eigenvalue weighted by atomic mass is 19.4. The molecule has 0 aliphatic carbocycles. The van der Waals surface area contributed by atoms with Gasteiger partial charge in [0.1, 0.15) is 11.6 Å². The summed E-state index contributed by atoms with van der Waals surface area (Å²) in [7, 11) is 0. The van der Waals surface area contributed by atoms with E-state index in [9.17, 15) is 35.8 Å². The number of nitrogens with one attached hydrogen (secondary N) is 1.